The molecule has 1 saturated heterocycles. The highest BCUT2D eigenvalue weighted by Gasteiger charge is 2.39. The number of hydrogen-bond acceptors (Lipinski definition) is 6. The van der Waals surface area contributed by atoms with Gasteiger partial charge in [-0.1, -0.05) is 5.16 Å². The lowest BCUT2D eigenvalue weighted by molar-refractivity contribution is -0.141. The third kappa shape index (κ3) is 3.05. The SMILES string of the molecule is COC1CC(C(=O)O)N(C(=O)NCc2nc(C)no2)C1. The summed E-state index contributed by atoms with van der Waals surface area (Å²) in [7, 11) is 1.49. The second-order valence-electron chi connectivity index (χ2n) is 4.49. The van der Waals surface area contributed by atoms with Crippen molar-refractivity contribution in [3.63, 3.8) is 0 Å². The number of amides is 2. The molecule has 0 saturated carbocycles. The molecule has 1 aliphatic heterocycles. The lowest BCUT2D eigenvalue weighted by Gasteiger charge is -2.21. The standard InChI is InChI=1S/C11H16N4O5/c1-6-13-9(20-14-6)4-12-11(18)15-5-7(19-2)3-8(15)10(16)17/h7-8H,3-5H2,1-2H3,(H,12,18)(H,16,17). The van der Waals surface area contributed by atoms with Crippen molar-refractivity contribution >= 4 is 12.0 Å². The number of likely N-dealkylation sites (tertiary alicyclic amines) is 1. The van der Waals surface area contributed by atoms with Gasteiger partial charge in [-0.25, -0.2) is 9.59 Å². The van der Waals surface area contributed by atoms with E-state index in [0.717, 1.165) is 0 Å². The molecule has 2 unspecified atom stereocenters. The molecule has 0 spiro atoms. The summed E-state index contributed by atoms with van der Waals surface area (Å²) in [5.74, 6) is -0.308. The number of nitrogens with one attached hydrogen (secondary N) is 1. The molecule has 110 valence electrons. The summed E-state index contributed by atoms with van der Waals surface area (Å²) in [5, 5.41) is 15.3. The van der Waals surface area contributed by atoms with E-state index in [2.05, 4.69) is 15.5 Å². The highest BCUT2D eigenvalue weighted by atomic mass is 16.5. The van der Waals surface area contributed by atoms with Crippen molar-refractivity contribution in [2.45, 2.75) is 32.0 Å². The van der Waals surface area contributed by atoms with E-state index in [-0.39, 0.29) is 31.5 Å². The van der Waals surface area contributed by atoms with Crippen LogP contribution in [-0.4, -0.2) is 57.9 Å². The molecule has 1 aromatic rings. The number of carbonyl (C=O) groups is 2. The monoisotopic (exact) mass is 284 g/mol. The molecule has 9 nitrogen and oxygen atoms in total. The van der Waals surface area contributed by atoms with Crippen molar-refractivity contribution in [1.82, 2.24) is 20.4 Å². The van der Waals surface area contributed by atoms with Crippen LogP contribution < -0.4 is 5.32 Å². The molecule has 2 amide bonds. The fourth-order valence-electron chi connectivity index (χ4n) is 2.09. The van der Waals surface area contributed by atoms with Gasteiger partial charge in [0.05, 0.1) is 12.6 Å². The van der Waals surface area contributed by atoms with Gasteiger partial charge >= 0.3 is 12.0 Å². The molecule has 1 aromatic heterocycles. The zero-order chi connectivity index (χ0) is 14.7. The van der Waals surface area contributed by atoms with Gasteiger partial charge in [0.2, 0.25) is 5.89 Å². The van der Waals surface area contributed by atoms with E-state index in [1.807, 2.05) is 0 Å². The molecular weight excluding hydrogens is 268 g/mol. The van der Waals surface area contributed by atoms with E-state index in [4.69, 9.17) is 14.4 Å². The van der Waals surface area contributed by atoms with E-state index in [0.29, 0.717) is 5.82 Å². The third-order valence-electron chi connectivity index (χ3n) is 3.10. The second kappa shape index (κ2) is 5.87. The number of carbonyl (C=O) groups excluding carboxylic acids is 1. The predicted octanol–water partition coefficient (Wildman–Crippen LogP) is -0.238. The maximum atomic E-state index is 12.0. The van der Waals surface area contributed by atoms with Crippen LogP contribution in [0.15, 0.2) is 4.52 Å². The maximum Gasteiger partial charge on any atom is 0.326 e. The number of carboxylic acids is 1. The summed E-state index contributed by atoms with van der Waals surface area (Å²) in [6.45, 7) is 1.96. The van der Waals surface area contributed by atoms with Crippen LogP contribution in [0.4, 0.5) is 4.79 Å². The number of methoxy groups -OCH3 is 1. The first-order chi connectivity index (χ1) is 9.51. The zero-order valence-electron chi connectivity index (χ0n) is 11.2. The van der Waals surface area contributed by atoms with Gasteiger partial charge in [-0.3, -0.25) is 0 Å². The molecule has 2 rings (SSSR count). The largest absolute Gasteiger partial charge is 0.480 e. The Balaban J connectivity index is 1.95. The van der Waals surface area contributed by atoms with Crippen molar-refractivity contribution in [3.8, 4) is 0 Å². The van der Waals surface area contributed by atoms with Crippen molar-refractivity contribution in [2.75, 3.05) is 13.7 Å². The Bertz CT molecular complexity index is 503. The van der Waals surface area contributed by atoms with Gasteiger partial charge in [0, 0.05) is 20.1 Å². The molecule has 0 aromatic carbocycles. The van der Waals surface area contributed by atoms with Gasteiger partial charge in [0.1, 0.15) is 6.04 Å². The number of aromatic nitrogens is 2. The van der Waals surface area contributed by atoms with E-state index in [1.54, 1.807) is 6.92 Å². The smallest absolute Gasteiger partial charge is 0.326 e. The Kier molecular flexibility index (Phi) is 4.18. The molecule has 0 bridgehead atoms. The topological polar surface area (TPSA) is 118 Å². The fourth-order valence-corrected chi connectivity index (χ4v) is 2.09. The summed E-state index contributed by atoms with van der Waals surface area (Å²) in [6.07, 6.45) is 0.00587. The average molecular weight is 284 g/mol. The van der Waals surface area contributed by atoms with Crippen LogP contribution in [-0.2, 0) is 16.1 Å². The number of rotatable bonds is 4. The lowest BCUT2D eigenvalue weighted by Crippen LogP contribution is -2.46. The molecule has 2 atom stereocenters. The Hall–Kier alpha value is -2.16. The molecule has 20 heavy (non-hydrogen) atoms. The van der Waals surface area contributed by atoms with E-state index < -0.39 is 18.0 Å². The van der Waals surface area contributed by atoms with Crippen molar-refractivity contribution < 1.29 is 24.0 Å². The van der Waals surface area contributed by atoms with Crippen LogP contribution in [0.25, 0.3) is 0 Å². The van der Waals surface area contributed by atoms with E-state index in [1.165, 1.54) is 12.0 Å². The first-order valence-electron chi connectivity index (χ1n) is 6.10. The number of urea groups is 1. The summed E-state index contributed by atoms with van der Waals surface area (Å²) in [6, 6.07) is -1.38. The third-order valence-corrected chi connectivity index (χ3v) is 3.10. The highest BCUT2D eigenvalue weighted by Crippen LogP contribution is 2.20. The second-order valence-corrected chi connectivity index (χ2v) is 4.49. The minimum Gasteiger partial charge on any atom is -0.480 e. The normalized spacial score (nSPS) is 22.0. The summed E-state index contributed by atoms with van der Waals surface area (Å²) in [4.78, 5) is 28.3. The van der Waals surface area contributed by atoms with Crippen LogP contribution in [0.1, 0.15) is 18.1 Å². The van der Waals surface area contributed by atoms with Crippen LogP contribution in [0, 0.1) is 6.92 Å². The van der Waals surface area contributed by atoms with Crippen LogP contribution in [0.3, 0.4) is 0 Å². The van der Waals surface area contributed by atoms with Crippen molar-refractivity contribution in [1.29, 1.82) is 0 Å². The fraction of sp³-hybridized carbons (Fsp3) is 0.636. The molecule has 2 heterocycles. The van der Waals surface area contributed by atoms with Gasteiger partial charge in [-0.15, -0.1) is 0 Å². The average Bonchev–Trinajstić information content (AvgIpc) is 3.02. The molecule has 2 N–H and O–H groups in total. The number of aliphatic carboxylic acids is 1. The highest BCUT2D eigenvalue weighted by molar-refractivity contribution is 5.83. The first kappa shape index (κ1) is 14.3. The Morgan fingerprint density at radius 2 is 2.35 bits per heavy atom. The van der Waals surface area contributed by atoms with Gasteiger partial charge < -0.3 is 24.6 Å². The lowest BCUT2D eigenvalue weighted by atomic mass is 10.2. The Labute approximate surface area is 114 Å². The summed E-state index contributed by atoms with van der Waals surface area (Å²) >= 11 is 0. The summed E-state index contributed by atoms with van der Waals surface area (Å²) < 4.78 is 9.97. The zero-order valence-corrected chi connectivity index (χ0v) is 11.2. The molecule has 0 aliphatic carbocycles. The minimum absolute atomic E-state index is 0.0557. The minimum atomic E-state index is -1.05. The number of hydrogen-bond donors (Lipinski definition) is 2. The van der Waals surface area contributed by atoms with Crippen molar-refractivity contribution in [2.24, 2.45) is 0 Å². The summed E-state index contributed by atoms with van der Waals surface area (Å²) in [5.41, 5.74) is 0. The number of ether oxygens (including phenoxy) is 1. The van der Waals surface area contributed by atoms with Gasteiger partial charge in [0.15, 0.2) is 5.82 Å². The molecule has 9 heteroatoms. The van der Waals surface area contributed by atoms with Gasteiger partial charge in [-0.2, -0.15) is 4.98 Å². The van der Waals surface area contributed by atoms with Gasteiger partial charge in [-0.05, 0) is 6.92 Å². The first-order valence-corrected chi connectivity index (χ1v) is 6.10. The van der Waals surface area contributed by atoms with Crippen LogP contribution >= 0.6 is 0 Å². The molecule has 1 aliphatic rings. The molecular formula is C11H16N4O5. The van der Waals surface area contributed by atoms with Crippen LogP contribution in [0.2, 0.25) is 0 Å². The van der Waals surface area contributed by atoms with E-state index in [9.17, 15) is 9.59 Å². The maximum absolute atomic E-state index is 12.0. The van der Waals surface area contributed by atoms with Crippen molar-refractivity contribution in [3.05, 3.63) is 11.7 Å². The number of carboxylic acid groups (broad SMARTS) is 1. The van der Waals surface area contributed by atoms with Crippen LogP contribution in [0.5, 0.6) is 0 Å². The Morgan fingerprint density at radius 1 is 1.60 bits per heavy atom. The van der Waals surface area contributed by atoms with Gasteiger partial charge in [0.25, 0.3) is 0 Å². The number of nitrogens with zero attached hydrogens (tertiary/aromatic N) is 3. The Morgan fingerprint density at radius 3 is 2.90 bits per heavy atom. The predicted molar refractivity (Wildman–Crippen MR) is 64.8 cm³/mol. The number of aryl methyl sites for hydroxylation is 1. The quantitative estimate of drug-likeness (QED) is 0.783. The van der Waals surface area contributed by atoms with E-state index >= 15 is 0 Å². The molecule has 1 fully saturated rings. The molecule has 0 radical (unpaired) electrons.